The van der Waals surface area contributed by atoms with Gasteiger partial charge in [-0.05, 0) is 26.6 Å². The quantitative estimate of drug-likeness (QED) is 0.571. The Balaban J connectivity index is 3.02. The first-order chi connectivity index (χ1) is 9.86. The summed E-state index contributed by atoms with van der Waals surface area (Å²) in [5.41, 5.74) is -0.541. The molecule has 0 aliphatic heterocycles. The van der Waals surface area contributed by atoms with E-state index in [1.807, 2.05) is 25.9 Å². The van der Waals surface area contributed by atoms with Crippen LogP contribution >= 0.6 is 0 Å². The summed E-state index contributed by atoms with van der Waals surface area (Å²) in [6, 6.07) is 3.01. The molecule has 116 valence electrons. The third-order valence-electron chi connectivity index (χ3n) is 2.99. The number of rotatable bonds is 7. The molecule has 1 aromatic carbocycles. The summed E-state index contributed by atoms with van der Waals surface area (Å²) < 4.78 is 13.8. The lowest BCUT2D eigenvalue weighted by Crippen LogP contribution is -2.37. The molecule has 0 aliphatic rings. The number of nitrogens with zero attached hydrogens (tertiary/aromatic N) is 3. The van der Waals surface area contributed by atoms with Crippen molar-refractivity contribution >= 4 is 11.6 Å². The summed E-state index contributed by atoms with van der Waals surface area (Å²) in [6.07, 6.45) is 0.732. The van der Waals surface area contributed by atoms with E-state index in [1.54, 1.807) is 0 Å². The zero-order valence-corrected chi connectivity index (χ0v) is 12.5. The molecule has 21 heavy (non-hydrogen) atoms. The Bertz CT molecular complexity index is 520. The highest BCUT2D eigenvalue weighted by Gasteiger charge is 2.21. The number of nitro groups is 1. The molecule has 1 amide bonds. The number of likely N-dealkylation sites (N-methyl/N-ethyl adjacent to an activating group) is 1. The molecule has 1 rings (SSSR count). The highest BCUT2D eigenvalue weighted by Crippen LogP contribution is 2.18. The van der Waals surface area contributed by atoms with Gasteiger partial charge < -0.3 is 9.80 Å². The summed E-state index contributed by atoms with van der Waals surface area (Å²) in [4.78, 5) is 25.9. The summed E-state index contributed by atoms with van der Waals surface area (Å²) >= 11 is 0. The first-order valence-corrected chi connectivity index (χ1v) is 6.74. The molecule has 0 aliphatic carbocycles. The fourth-order valence-corrected chi connectivity index (χ4v) is 1.87. The van der Waals surface area contributed by atoms with Crippen molar-refractivity contribution in [1.29, 1.82) is 0 Å². The first-order valence-electron chi connectivity index (χ1n) is 6.74. The molecule has 0 unspecified atom stereocenters. The third-order valence-corrected chi connectivity index (χ3v) is 2.99. The molecule has 0 saturated carbocycles. The maximum atomic E-state index is 13.8. The Morgan fingerprint density at radius 3 is 2.48 bits per heavy atom. The van der Waals surface area contributed by atoms with Crippen LogP contribution in [0, 0.1) is 15.9 Å². The molecule has 0 heterocycles. The second-order valence-electron chi connectivity index (χ2n) is 5.02. The van der Waals surface area contributed by atoms with Crippen LogP contribution in [0.25, 0.3) is 0 Å². The van der Waals surface area contributed by atoms with Crippen LogP contribution in [0.15, 0.2) is 18.2 Å². The van der Waals surface area contributed by atoms with Crippen LogP contribution in [0.4, 0.5) is 10.1 Å². The van der Waals surface area contributed by atoms with E-state index in [2.05, 4.69) is 0 Å². The minimum Gasteiger partial charge on any atom is -0.337 e. The molecule has 0 aromatic heterocycles. The van der Waals surface area contributed by atoms with Crippen LogP contribution < -0.4 is 0 Å². The summed E-state index contributed by atoms with van der Waals surface area (Å²) in [5, 5.41) is 10.7. The van der Waals surface area contributed by atoms with Gasteiger partial charge in [0.25, 0.3) is 11.6 Å². The van der Waals surface area contributed by atoms with Crippen molar-refractivity contribution in [2.45, 2.75) is 13.3 Å². The maximum Gasteiger partial charge on any atom is 0.270 e. The van der Waals surface area contributed by atoms with Gasteiger partial charge in [0.05, 0.1) is 10.5 Å². The second-order valence-corrected chi connectivity index (χ2v) is 5.02. The van der Waals surface area contributed by atoms with Crippen LogP contribution in [-0.4, -0.2) is 54.4 Å². The Morgan fingerprint density at radius 2 is 1.95 bits per heavy atom. The monoisotopic (exact) mass is 297 g/mol. The van der Waals surface area contributed by atoms with Crippen molar-refractivity contribution in [3.63, 3.8) is 0 Å². The summed E-state index contributed by atoms with van der Waals surface area (Å²) in [7, 11) is 3.76. The SMILES string of the molecule is CCCN(CCN(C)C)C(=O)c1cc([N+](=O)[O-])ccc1F. The fraction of sp³-hybridized carbons (Fsp3) is 0.500. The predicted molar refractivity (Wildman–Crippen MR) is 77.8 cm³/mol. The number of benzene rings is 1. The number of carbonyl (C=O) groups excluding carboxylic acids is 1. The zero-order valence-electron chi connectivity index (χ0n) is 12.5. The fourth-order valence-electron chi connectivity index (χ4n) is 1.87. The van der Waals surface area contributed by atoms with E-state index in [1.165, 1.54) is 4.90 Å². The van der Waals surface area contributed by atoms with Crippen LogP contribution in [0.1, 0.15) is 23.7 Å². The van der Waals surface area contributed by atoms with Crippen molar-refractivity contribution in [3.05, 3.63) is 39.7 Å². The van der Waals surface area contributed by atoms with Crippen molar-refractivity contribution in [2.75, 3.05) is 33.7 Å². The van der Waals surface area contributed by atoms with Crippen LogP contribution in [0.3, 0.4) is 0 Å². The van der Waals surface area contributed by atoms with Crippen LogP contribution in [0.2, 0.25) is 0 Å². The Hall–Kier alpha value is -2.02. The van der Waals surface area contributed by atoms with E-state index < -0.39 is 16.6 Å². The highest BCUT2D eigenvalue weighted by molar-refractivity contribution is 5.95. The van der Waals surface area contributed by atoms with Crippen molar-refractivity contribution in [1.82, 2.24) is 9.80 Å². The van der Waals surface area contributed by atoms with E-state index in [0.717, 1.165) is 24.6 Å². The molecule has 0 fully saturated rings. The number of hydrogen-bond donors (Lipinski definition) is 0. The molecule has 0 saturated heterocycles. The Labute approximate surface area is 123 Å². The number of hydrogen-bond acceptors (Lipinski definition) is 4. The molecule has 6 nitrogen and oxygen atoms in total. The lowest BCUT2D eigenvalue weighted by molar-refractivity contribution is -0.384. The number of amides is 1. The van der Waals surface area contributed by atoms with Gasteiger partial charge in [-0.15, -0.1) is 0 Å². The third kappa shape index (κ3) is 4.78. The number of carbonyl (C=O) groups is 1. The molecular weight excluding hydrogens is 277 g/mol. The van der Waals surface area contributed by atoms with Gasteiger partial charge in [-0.1, -0.05) is 6.92 Å². The van der Waals surface area contributed by atoms with Crippen LogP contribution in [-0.2, 0) is 0 Å². The topological polar surface area (TPSA) is 66.7 Å². The summed E-state index contributed by atoms with van der Waals surface area (Å²) in [5.74, 6) is -1.25. The van der Waals surface area contributed by atoms with E-state index >= 15 is 0 Å². The normalized spacial score (nSPS) is 10.7. The zero-order chi connectivity index (χ0) is 16.0. The standard InChI is InChI=1S/C14H20FN3O3/c1-4-7-17(9-8-16(2)3)14(19)12-10-11(18(20)21)5-6-13(12)15/h5-6,10H,4,7-9H2,1-3H3. The average Bonchev–Trinajstić information content (AvgIpc) is 2.42. The Morgan fingerprint density at radius 1 is 1.29 bits per heavy atom. The van der Waals surface area contributed by atoms with E-state index in [4.69, 9.17) is 0 Å². The summed E-state index contributed by atoms with van der Waals surface area (Å²) in [6.45, 7) is 3.48. The molecule has 0 bridgehead atoms. The molecule has 0 N–H and O–H groups in total. The second kappa shape index (κ2) is 7.68. The number of nitro benzene ring substituents is 1. The average molecular weight is 297 g/mol. The molecular formula is C14H20FN3O3. The number of non-ortho nitro benzene ring substituents is 1. The molecule has 0 radical (unpaired) electrons. The van der Waals surface area contributed by atoms with Crippen molar-refractivity contribution in [2.24, 2.45) is 0 Å². The molecule has 0 atom stereocenters. The minimum absolute atomic E-state index is 0.253. The predicted octanol–water partition coefficient (Wildman–Crippen LogP) is 2.15. The van der Waals surface area contributed by atoms with Gasteiger partial charge in [0.15, 0.2) is 0 Å². The highest BCUT2D eigenvalue weighted by atomic mass is 19.1. The smallest absolute Gasteiger partial charge is 0.270 e. The van der Waals surface area contributed by atoms with Crippen molar-refractivity contribution < 1.29 is 14.1 Å². The van der Waals surface area contributed by atoms with E-state index in [9.17, 15) is 19.3 Å². The van der Waals surface area contributed by atoms with E-state index in [-0.39, 0.29) is 11.3 Å². The van der Waals surface area contributed by atoms with E-state index in [0.29, 0.717) is 19.6 Å². The largest absolute Gasteiger partial charge is 0.337 e. The first kappa shape index (κ1) is 17.0. The maximum absolute atomic E-state index is 13.8. The van der Waals surface area contributed by atoms with Gasteiger partial charge in [-0.3, -0.25) is 14.9 Å². The lowest BCUT2D eigenvalue weighted by atomic mass is 10.1. The molecule has 7 heteroatoms. The van der Waals surface area contributed by atoms with Gasteiger partial charge in [-0.25, -0.2) is 4.39 Å². The van der Waals surface area contributed by atoms with Crippen molar-refractivity contribution in [3.8, 4) is 0 Å². The van der Waals surface area contributed by atoms with Gasteiger partial charge in [0.2, 0.25) is 0 Å². The van der Waals surface area contributed by atoms with Gasteiger partial charge in [-0.2, -0.15) is 0 Å². The van der Waals surface area contributed by atoms with Crippen LogP contribution in [0.5, 0.6) is 0 Å². The minimum atomic E-state index is -0.739. The number of halogens is 1. The van der Waals surface area contributed by atoms with Gasteiger partial charge in [0, 0.05) is 31.8 Å². The van der Waals surface area contributed by atoms with Gasteiger partial charge in [0.1, 0.15) is 5.82 Å². The molecule has 0 spiro atoms. The Kier molecular flexibility index (Phi) is 6.23. The van der Waals surface area contributed by atoms with Gasteiger partial charge >= 0.3 is 0 Å². The molecule has 1 aromatic rings. The lowest BCUT2D eigenvalue weighted by Gasteiger charge is -2.24.